The van der Waals surface area contributed by atoms with E-state index in [0.717, 1.165) is 4.47 Å². The van der Waals surface area contributed by atoms with Crippen molar-refractivity contribution in [2.75, 3.05) is 0 Å². The second kappa shape index (κ2) is 6.25. The Hall–Kier alpha value is -1.27. The Kier molecular flexibility index (Phi) is 4.66. The summed E-state index contributed by atoms with van der Waals surface area (Å²) in [5.41, 5.74) is 0.843. The van der Waals surface area contributed by atoms with Gasteiger partial charge in [-0.1, -0.05) is 15.9 Å². The smallest absolute Gasteiger partial charge is 0.253 e. The molecule has 0 aliphatic heterocycles. The van der Waals surface area contributed by atoms with Crippen LogP contribution in [-0.2, 0) is 6.54 Å². The Labute approximate surface area is 126 Å². The molecule has 0 unspecified atom stereocenters. The fraction of sp³-hybridized carbons (Fsp3) is 0.0769. The highest BCUT2D eigenvalue weighted by Gasteiger charge is 2.08. The molecule has 0 aliphatic rings. The van der Waals surface area contributed by atoms with Gasteiger partial charge in [-0.05, 0) is 40.2 Å². The molecule has 0 radical (unpaired) electrons. The zero-order valence-electron chi connectivity index (χ0n) is 9.66. The van der Waals surface area contributed by atoms with Gasteiger partial charge in [0, 0.05) is 33.4 Å². The molecule has 3 nitrogen and oxygen atoms in total. The lowest BCUT2D eigenvalue weighted by Gasteiger charge is -2.07. The third kappa shape index (κ3) is 3.84. The number of benzene rings is 1. The summed E-state index contributed by atoms with van der Waals surface area (Å²) in [5.74, 6) is -0.649. The van der Waals surface area contributed by atoms with Crippen LogP contribution >= 0.6 is 31.9 Å². The minimum absolute atomic E-state index is 0.122. The summed E-state index contributed by atoms with van der Waals surface area (Å²) < 4.78 is 15.0. The quantitative estimate of drug-likeness (QED) is 0.872. The Balaban J connectivity index is 2.06. The number of hydrogen-bond donors (Lipinski definition) is 1. The summed E-state index contributed by atoms with van der Waals surface area (Å²) in [6.45, 7) is 0.122. The first-order chi connectivity index (χ1) is 9.06. The minimum Gasteiger partial charge on any atom is -0.348 e. The fourth-order valence-electron chi connectivity index (χ4n) is 1.49. The first-order valence-electron chi connectivity index (χ1n) is 5.39. The topological polar surface area (TPSA) is 42.0 Å². The highest BCUT2D eigenvalue weighted by atomic mass is 79.9. The number of hydrogen-bond acceptors (Lipinski definition) is 2. The maximum absolute atomic E-state index is 13.5. The largest absolute Gasteiger partial charge is 0.348 e. The Morgan fingerprint density at radius 2 is 2.00 bits per heavy atom. The van der Waals surface area contributed by atoms with Crippen molar-refractivity contribution in [3.05, 3.63) is 62.5 Å². The fourth-order valence-corrected chi connectivity index (χ4v) is 2.27. The summed E-state index contributed by atoms with van der Waals surface area (Å²) in [6.07, 6.45) is 3.04. The molecule has 2 aromatic rings. The van der Waals surface area contributed by atoms with Crippen LogP contribution in [0.2, 0.25) is 0 Å². The van der Waals surface area contributed by atoms with E-state index < -0.39 is 0 Å². The number of nitrogens with one attached hydrogen (secondary N) is 1. The predicted molar refractivity (Wildman–Crippen MR) is 77.2 cm³/mol. The van der Waals surface area contributed by atoms with E-state index in [0.29, 0.717) is 15.6 Å². The van der Waals surface area contributed by atoms with Gasteiger partial charge in [0.2, 0.25) is 0 Å². The number of aromatic nitrogens is 1. The summed E-state index contributed by atoms with van der Waals surface area (Å²) in [7, 11) is 0. The summed E-state index contributed by atoms with van der Waals surface area (Å²) in [6, 6.07) is 6.25. The molecule has 0 spiro atoms. The minimum atomic E-state index is -0.351. The molecule has 1 N–H and O–H groups in total. The van der Waals surface area contributed by atoms with Crippen molar-refractivity contribution in [3.8, 4) is 0 Å². The van der Waals surface area contributed by atoms with Crippen LogP contribution in [0.1, 0.15) is 15.9 Å². The van der Waals surface area contributed by atoms with E-state index in [-0.39, 0.29) is 18.3 Å². The summed E-state index contributed by atoms with van der Waals surface area (Å²) >= 11 is 6.50. The maximum Gasteiger partial charge on any atom is 0.253 e. The lowest BCUT2D eigenvalue weighted by molar-refractivity contribution is 0.0950. The number of carbonyl (C=O) groups excluding carboxylic acids is 1. The molecule has 1 amide bonds. The molecule has 1 aromatic carbocycles. The molecule has 0 saturated carbocycles. The first kappa shape index (κ1) is 14.1. The van der Waals surface area contributed by atoms with Crippen molar-refractivity contribution in [1.82, 2.24) is 10.3 Å². The molecule has 0 bridgehead atoms. The molecular weight excluding hydrogens is 379 g/mol. The SMILES string of the molecule is O=C(NCc1cc(Br)ccc1F)c1cncc(Br)c1. The van der Waals surface area contributed by atoms with E-state index in [4.69, 9.17) is 0 Å². The van der Waals surface area contributed by atoms with Crippen molar-refractivity contribution >= 4 is 37.8 Å². The Morgan fingerprint density at radius 1 is 1.21 bits per heavy atom. The Morgan fingerprint density at radius 3 is 2.74 bits per heavy atom. The molecule has 98 valence electrons. The van der Waals surface area contributed by atoms with Crippen molar-refractivity contribution in [1.29, 1.82) is 0 Å². The number of halogens is 3. The van der Waals surface area contributed by atoms with Crippen molar-refractivity contribution < 1.29 is 9.18 Å². The van der Waals surface area contributed by atoms with Gasteiger partial charge in [0.15, 0.2) is 0 Å². The van der Waals surface area contributed by atoms with Gasteiger partial charge in [-0.25, -0.2) is 4.39 Å². The van der Waals surface area contributed by atoms with Crippen LogP contribution in [-0.4, -0.2) is 10.9 Å². The van der Waals surface area contributed by atoms with Gasteiger partial charge in [0.1, 0.15) is 5.82 Å². The van der Waals surface area contributed by atoms with E-state index in [2.05, 4.69) is 42.2 Å². The molecule has 0 fully saturated rings. The highest BCUT2D eigenvalue weighted by Crippen LogP contribution is 2.15. The number of amides is 1. The van der Waals surface area contributed by atoms with Gasteiger partial charge in [-0.15, -0.1) is 0 Å². The lowest BCUT2D eigenvalue weighted by atomic mass is 10.2. The van der Waals surface area contributed by atoms with Crippen LogP contribution in [0, 0.1) is 5.82 Å². The standard InChI is InChI=1S/C13H9Br2FN2O/c14-10-1-2-12(16)8(3-10)6-18-13(19)9-4-11(15)7-17-5-9/h1-5,7H,6H2,(H,18,19). The highest BCUT2D eigenvalue weighted by molar-refractivity contribution is 9.10. The second-order valence-corrected chi connectivity index (χ2v) is 5.64. The lowest BCUT2D eigenvalue weighted by Crippen LogP contribution is -2.23. The molecule has 1 aromatic heterocycles. The number of carbonyl (C=O) groups is 1. The van der Waals surface area contributed by atoms with E-state index >= 15 is 0 Å². The zero-order valence-corrected chi connectivity index (χ0v) is 12.8. The first-order valence-corrected chi connectivity index (χ1v) is 6.97. The molecule has 0 aliphatic carbocycles. The number of rotatable bonds is 3. The van der Waals surface area contributed by atoms with Crippen molar-refractivity contribution in [2.45, 2.75) is 6.54 Å². The molecule has 1 heterocycles. The molecular formula is C13H9Br2FN2O. The molecule has 0 saturated heterocycles. The third-order valence-electron chi connectivity index (χ3n) is 2.41. The van der Waals surface area contributed by atoms with E-state index in [1.165, 1.54) is 12.3 Å². The summed E-state index contributed by atoms with van der Waals surface area (Å²) in [5, 5.41) is 2.65. The van der Waals surface area contributed by atoms with Crippen LogP contribution < -0.4 is 5.32 Å². The molecule has 6 heteroatoms. The maximum atomic E-state index is 13.5. The van der Waals surface area contributed by atoms with Gasteiger partial charge in [-0.3, -0.25) is 9.78 Å². The normalized spacial score (nSPS) is 10.3. The van der Waals surface area contributed by atoms with E-state index in [1.54, 1.807) is 24.4 Å². The number of nitrogens with zero attached hydrogens (tertiary/aromatic N) is 1. The van der Waals surface area contributed by atoms with Crippen LogP contribution in [0.4, 0.5) is 4.39 Å². The van der Waals surface area contributed by atoms with Crippen molar-refractivity contribution in [2.24, 2.45) is 0 Å². The predicted octanol–water partition coefficient (Wildman–Crippen LogP) is 3.68. The summed E-state index contributed by atoms with van der Waals surface area (Å²) in [4.78, 5) is 15.8. The van der Waals surface area contributed by atoms with Gasteiger partial charge in [0.25, 0.3) is 5.91 Å². The van der Waals surface area contributed by atoms with Crippen molar-refractivity contribution in [3.63, 3.8) is 0 Å². The second-order valence-electron chi connectivity index (χ2n) is 3.81. The van der Waals surface area contributed by atoms with Crippen LogP contribution in [0.25, 0.3) is 0 Å². The van der Waals surface area contributed by atoms with Gasteiger partial charge >= 0.3 is 0 Å². The van der Waals surface area contributed by atoms with Crippen LogP contribution in [0.15, 0.2) is 45.6 Å². The van der Waals surface area contributed by atoms with Gasteiger partial charge < -0.3 is 5.32 Å². The average molecular weight is 388 g/mol. The van der Waals surface area contributed by atoms with E-state index in [9.17, 15) is 9.18 Å². The number of pyridine rings is 1. The Bertz CT molecular complexity index is 619. The van der Waals surface area contributed by atoms with Gasteiger partial charge in [0.05, 0.1) is 5.56 Å². The third-order valence-corrected chi connectivity index (χ3v) is 3.34. The van der Waals surface area contributed by atoms with Crippen LogP contribution in [0.5, 0.6) is 0 Å². The molecule has 2 rings (SSSR count). The van der Waals surface area contributed by atoms with E-state index in [1.807, 2.05) is 0 Å². The van der Waals surface area contributed by atoms with Gasteiger partial charge in [-0.2, -0.15) is 0 Å². The monoisotopic (exact) mass is 386 g/mol. The molecule has 0 atom stereocenters. The van der Waals surface area contributed by atoms with Crippen LogP contribution in [0.3, 0.4) is 0 Å². The zero-order chi connectivity index (χ0) is 13.8. The molecule has 19 heavy (non-hydrogen) atoms. The average Bonchev–Trinajstić information content (AvgIpc) is 2.39.